The lowest BCUT2D eigenvalue weighted by molar-refractivity contribution is 0.451. The molecule has 0 fully saturated rings. The van der Waals surface area contributed by atoms with E-state index in [9.17, 15) is 10.2 Å². The monoisotopic (exact) mass is 331 g/mol. The molecule has 1 aromatic heterocycles. The molecule has 5 nitrogen and oxygen atoms in total. The van der Waals surface area contributed by atoms with Crippen LogP contribution in [0.4, 0.5) is 0 Å². The molecule has 0 saturated carbocycles. The van der Waals surface area contributed by atoms with Crippen LogP contribution in [0.3, 0.4) is 0 Å². The topological polar surface area (TPSA) is 71.2 Å². The maximum Gasteiger partial charge on any atom is 0.193 e. The zero-order valence-corrected chi connectivity index (χ0v) is 13.3. The lowest BCUT2D eigenvalue weighted by atomic mass is 10.1. The van der Waals surface area contributed by atoms with Gasteiger partial charge in [-0.2, -0.15) is 0 Å². The minimum atomic E-state index is -0.0661. The summed E-state index contributed by atoms with van der Waals surface area (Å²) in [6.07, 6.45) is 1.99. The molecule has 1 heterocycles. The summed E-state index contributed by atoms with van der Waals surface area (Å²) < 4.78 is 1.76. The quantitative estimate of drug-likeness (QED) is 0.507. The Morgan fingerprint density at radius 3 is 2.59 bits per heavy atom. The second-order valence-electron chi connectivity index (χ2n) is 4.53. The first-order valence-electron chi connectivity index (χ1n) is 6.42. The molecule has 0 aliphatic carbocycles. The molecule has 0 spiro atoms. The van der Waals surface area contributed by atoms with E-state index in [1.54, 1.807) is 22.4 Å². The predicted molar refractivity (Wildman–Crippen MR) is 89.2 cm³/mol. The Morgan fingerprint density at radius 1 is 1.09 bits per heavy atom. The van der Waals surface area contributed by atoms with Gasteiger partial charge in [-0.25, -0.2) is 0 Å². The zero-order chi connectivity index (χ0) is 15.7. The molecule has 2 aromatic carbocycles. The first-order valence-corrected chi connectivity index (χ1v) is 8.09. The molecule has 0 bridgehead atoms. The molecule has 0 saturated heterocycles. The van der Waals surface area contributed by atoms with Crippen LogP contribution in [0.2, 0.25) is 0 Å². The van der Waals surface area contributed by atoms with Crippen molar-refractivity contribution in [3.05, 3.63) is 42.5 Å². The van der Waals surface area contributed by atoms with Crippen molar-refractivity contribution in [2.24, 2.45) is 0 Å². The van der Waals surface area contributed by atoms with E-state index in [2.05, 4.69) is 22.8 Å². The smallest absolute Gasteiger partial charge is 0.193 e. The van der Waals surface area contributed by atoms with Gasteiger partial charge in [0.25, 0.3) is 0 Å². The number of aromatic hydroxyl groups is 2. The van der Waals surface area contributed by atoms with Gasteiger partial charge in [-0.15, -0.1) is 34.6 Å². The van der Waals surface area contributed by atoms with Gasteiger partial charge in [0, 0.05) is 11.0 Å². The van der Waals surface area contributed by atoms with E-state index in [0.717, 1.165) is 10.6 Å². The highest BCUT2D eigenvalue weighted by Gasteiger charge is 2.18. The Morgan fingerprint density at radius 2 is 1.86 bits per heavy atom. The first kappa shape index (κ1) is 14.8. The van der Waals surface area contributed by atoms with Crippen LogP contribution in [0, 0.1) is 0 Å². The normalized spacial score (nSPS) is 10.8. The molecule has 3 aromatic rings. The largest absolute Gasteiger partial charge is 0.508 e. The van der Waals surface area contributed by atoms with Gasteiger partial charge in [-0.05, 0) is 30.5 Å². The van der Waals surface area contributed by atoms with Gasteiger partial charge in [0.15, 0.2) is 11.0 Å². The molecule has 3 rings (SSSR count). The van der Waals surface area contributed by atoms with E-state index in [4.69, 9.17) is 0 Å². The third-order valence-electron chi connectivity index (χ3n) is 3.19. The molecule has 0 unspecified atom stereocenters. The van der Waals surface area contributed by atoms with E-state index in [0.29, 0.717) is 16.5 Å². The summed E-state index contributed by atoms with van der Waals surface area (Å²) in [6, 6.07) is 12.2. The van der Waals surface area contributed by atoms with Crippen molar-refractivity contribution in [1.82, 2.24) is 14.8 Å². The minimum absolute atomic E-state index is 0.0112. The average molecular weight is 331 g/mol. The van der Waals surface area contributed by atoms with Crippen molar-refractivity contribution >= 4 is 24.4 Å². The molecule has 112 valence electrons. The second-order valence-corrected chi connectivity index (χ2v) is 5.78. The number of rotatable bonds is 3. The SMILES string of the molecule is CSc1ccccc1-n1c(S)nnc1-c1ccc(O)cc1O. The number of hydrogen-bond donors (Lipinski definition) is 3. The first-order chi connectivity index (χ1) is 10.6. The highest BCUT2D eigenvalue weighted by Crippen LogP contribution is 2.35. The molecule has 0 aliphatic heterocycles. The summed E-state index contributed by atoms with van der Waals surface area (Å²) >= 11 is 5.97. The van der Waals surface area contributed by atoms with Crippen LogP contribution >= 0.6 is 24.4 Å². The molecule has 7 heteroatoms. The van der Waals surface area contributed by atoms with Crippen LogP contribution in [-0.4, -0.2) is 31.2 Å². The van der Waals surface area contributed by atoms with Gasteiger partial charge in [-0.3, -0.25) is 4.57 Å². The number of benzene rings is 2. The van der Waals surface area contributed by atoms with Gasteiger partial charge in [0.1, 0.15) is 11.5 Å². The van der Waals surface area contributed by atoms with Crippen molar-refractivity contribution < 1.29 is 10.2 Å². The van der Waals surface area contributed by atoms with E-state index < -0.39 is 0 Å². The van der Waals surface area contributed by atoms with Crippen molar-refractivity contribution in [2.45, 2.75) is 10.1 Å². The Bertz CT molecular complexity index is 833. The number of nitrogens with zero attached hydrogens (tertiary/aromatic N) is 3. The number of para-hydroxylation sites is 1. The molecule has 0 amide bonds. The Hall–Kier alpha value is -2.12. The van der Waals surface area contributed by atoms with Gasteiger partial charge in [0.05, 0.1) is 11.3 Å². The maximum absolute atomic E-state index is 10.1. The fraction of sp³-hybridized carbons (Fsp3) is 0.0667. The van der Waals surface area contributed by atoms with E-state index in [1.165, 1.54) is 12.1 Å². The summed E-state index contributed by atoms with van der Waals surface area (Å²) in [5.41, 5.74) is 1.36. The third-order valence-corrected chi connectivity index (χ3v) is 4.27. The Kier molecular flexibility index (Phi) is 4.00. The van der Waals surface area contributed by atoms with E-state index in [-0.39, 0.29) is 11.5 Å². The summed E-state index contributed by atoms with van der Waals surface area (Å²) in [7, 11) is 0. The van der Waals surface area contributed by atoms with Crippen LogP contribution in [-0.2, 0) is 0 Å². The molecule has 22 heavy (non-hydrogen) atoms. The number of thiol groups is 1. The number of hydrogen-bond acceptors (Lipinski definition) is 6. The van der Waals surface area contributed by atoms with Crippen LogP contribution in [0.5, 0.6) is 11.5 Å². The lowest BCUT2D eigenvalue weighted by Crippen LogP contribution is -2.00. The minimum Gasteiger partial charge on any atom is -0.508 e. The maximum atomic E-state index is 10.1. The molecular weight excluding hydrogens is 318 g/mol. The molecule has 2 N–H and O–H groups in total. The summed E-state index contributed by atoms with van der Waals surface area (Å²) in [6.45, 7) is 0. The molecule has 0 aliphatic rings. The van der Waals surface area contributed by atoms with Crippen LogP contribution in [0.1, 0.15) is 0 Å². The highest BCUT2D eigenvalue weighted by atomic mass is 32.2. The number of aromatic nitrogens is 3. The Balaban J connectivity index is 2.24. The van der Waals surface area contributed by atoms with E-state index in [1.807, 2.05) is 30.5 Å². The number of phenolic OH excluding ortho intramolecular Hbond substituents is 2. The summed E-state index contributed by atoms with van der Waals surface area (Å²) in [5.74, 6) is 0.385. The second kappa shape index (κ2) is 5.94. The highest BCUT2D eigenvalue weighted by molar-refractivity contribution is 7.98. The van der Waals surface area contributed by atoms with Crippen molar-refractivity contribution in [1.29, 1.82) is 0 Å². The fourth-order valence-corrected chi connectivity index (χ4v) is 3.03. The number of phenols is 2. The standard InChI is InChI=1S/C15H13N3O2S2/c1-22-13-5-3-2-4-11(13)18-14(16-17-15(18)21)10-7-6-9(19)8-12(10)20/h2-8,19-20H,1H3,(H,17,21). The fourth-order valence-electron chi connectivity index (χ4n) is 2.20. The summed E-state index contributed by atoms with van der Waals surface area (Å²) in [5, 5.41) is 28.1. The number of thioether (sulfide) groups is 1. The Labute approximate surface area is 137 Å². The van der Waals surface area contributed by atoms with Crippen LogP contribution in [0.15, 0.2) is 52.5 Å². The molecular formula is C15H13N3O2S2. The zero-order valence-electron chi connectivity index (χ0n) is 11.6. The summed E-state index contributed by atoms with van der Waals surface area (Å²) in [4.78, 5) is 1.04. The van der Waals surface area contributed by atoms with Gasteiger partial charge in [0.2, 0.25) is 0 Å². The van der Waals surface area contributed by atoms with Crippen LogP contribution < -0.4 is 0 Å². The average Bonchev–Trinajstić information content (AvgIpc) is 2.88. The van der Waals surface area contributed by atoms with Gasteiger partial charge >= 0.3 is 0 Å². The van der Waals surface area contributed by atoms with Crippen molar-refractivity contribution in [2.75, 3.05) is 6.26 Å². The lowest BCUT2D eigenvalue weighted by Gasteiger charge is -2.12. The van der Waals surface area contributed by atoms with E-state index >= 15 is 0 Å². The van der Waals surface area contributed by atoms with Gasteiger partial charge in [-0.1, -0.05) is 12.1 Å². The molecule has 0 radical (unpaired) electrons. The van der Waals surface area contributed by atoms with Crippen molar-refractivity contribution in [3.8, 4) is 28.6 Å². The molecule has 0 atom stereocenters. The third kappa shape index (κ3) is 2.53. The van der Waals surface area contributed by atoms with Crippen molar-refractivity contribution in [3.63, 3.8) is 0 Å². The predicted octanol–water partition coefficient (Wildman–Crippen LogP) is 3.36. The van der Waals surface area contributed by atoms with Gasteiger partial charge < -0.3 is 10.2 Å². The van der Waals surface area contributed by atoms with Crippen LogP contribution in [0.25, 0.3) is 17.1 Å².